The molecule has 0 spiro atoms. The molecule has 0 saturated heterocycles. The Morgan fingerprint density at radius 2 is 0.867 bits per heavy atom. The second-order valence-electron chi connectivity index (χ2n) is 15.3. The Kier molecular flexibility index (Phi) is 7.75. The van der Waals surface area contributed by atoms with Crippen LogP contribution in [-0.2, 0) is 4.57 Å². The SMILES string of the molecule is O=P(c1ccc(-c2ccccc2)cc1)(c1ccc(-c2ccccc2)cc1)c1cc2c3ccccc3n(-c3nc4ccccc4c4nc5ccccc5n34)c2c2ccccc12. The van der Waals surface area contributed by atoms with Crippen molar-refractivity contribution in [3.8, 4) is 28.2 Å². The highest BCUT2D eigenvalue weighted by Gasteiger charge is 2.34. The number of benzene rings is 9. The monoisotopic (exact) mass is 786 g/mol. The number of rotatable bonds is 6. The summed E-state index contributed by atoms with van der Waals surface area (Å²) in [5.74, 6) is 0.748. The van der Waals surface area contributed by atoms with E-state index < -0.39 is 7.14 Å². The van der Waals surface area contributed by atoms with Crippen LogP contribution >= 0.6 is 7.14 Å². The lowest BCUT2D eigenvalue weighted by atomic mass is 10.1. The van der Waals surface area contributed by atoms with E-state index in [9.17, 15) is 0 Å². The lowest BCUT2D eigenvalue weighted by molar-refractivity contribution is 0.592. The molecule has 12 aromatic rings. The van der Waals surface area contributed by atoms with Crippen LogP contribution in [0.4, 0.5) is 0 Å². The van der Waals surface area contributed by atoms with E-state index in [2.05, 4.69) is 167 Å². The molecule has 0 fully saturated rings. The van der Waals surface area contributed by atoms with Gasteiger partial charge in [0.05, 0.1) is 27.6 Å². The van der Waals surface area contributed by atoms with Gasteiger partial charge < -0.3 is 4.57 Å². The van der Waals surface area contributed by atoms with E-state index in [-0.39, 0.29) is 0 Å². The minimum atomic E-state index is -3.52. The maximum Gasteiger partial charge on any atom is 0.221 e. The Morgan fingerprint density at radius 3 is 1.50 bits per heavy atom. The van der Waals surface area contributed by atoms with Crippen LogP contribution in [0.2, 0.25) is 0 Å². The van der Waals surface area contributed by atoms with Crippen LogP contribution in [0.3, 0.4) is 0 Å². The van der Waals surface area contributed by atoms with Gasteiger partial charge >= 0.3 is 0 Å². The predicted molar refractivity (Wildman–Crippen MR) is 250 cm³/mol. The molecule has 0 saturated carbocycles. The molecule has 12 rings (SSSR count). The fourth-order valence-electron chi connectivity index (χ4n) is 9.17. The molecule has 3 aromatic heterocycles. The van der Waals surface area contributed by atoms with Crippen molar-refractivity contribution >= 4 is 83.2 Å². The van der Waals surface area contributed by atoms with Crippen molar-refractivity contribution in [1.82, 2.24) is 18.9 Å². The summed E-state index contributed by atoms with van der Waals surface area (Å²) in [6, 6.07) is 73.0. The second kappa shape index (κ2) is 13.5. The van der Waals surface area contributed by atoms with Gasteiger partial charge in [0.15, 0.2) is 7.14 Å². The van der Waals surface area contributed by atoms with Gasteiger partial charge in [0, 0.05) is 37.5 Å². The van der Waals surface area contributed by atoms with Gasteiger partial charge in [0.25, 0.3) is 0 Å². The van der Waals surface area contributed by atoms with Crippen molar-refractivity contribution in [3.63, 3.8) is 0 Å². The summed E-state index contributed by atoms with van der Waals surface area (Å²) in [7, 11) is -3.52. The molecule has 3 heterocycles. The van der Waals surface area contributed by atoms with Gasteiger partial charge in [-0.25, -0.2) is 9.97 Å². The van der Waals surface area contributed by atoms with Crippen LogP contribution < -0.4 is 15.9 Å². The van der Waals surface area contributed by atoms with Gasteiger partial charge in [-0.15, -0.1) is 0 Å². The molecule has 0 atom stereocenters. The summed E-state index contributed by atoms with van der Waals surface area (Å²) in [6.07, 6.45) is 0. The van der Waals surface area contributed by atoms with E-state index in [4.69, 9.17) is 9.97 Å². The van der Waals surface area contributed by atoms with E-state index in [1.165, 1.54) is 0 Å². The average molecular weight is 787 g/mol. The van der Waals surface area contributed by atoms with Crippen LogP contribution in [-0.4, -0.2) is 18.9 Å². The third-order valence-electron chi connectivity index (χ3n) is 12.0. The Labute approximate surface area is 345 Å². The Bertz CT molecular complexity index is 3580. The van der Waals surface area contributed by atoms with Gasteiger partial charge in [0.2, 0.25) is 5.95 Å². The van der Waals surface area contributed by atoms with Crippen LogP contribution in [0.25, 0.3) is 88.4 Å². The summed E-state index contributed by atoms with van der Waals surface area (Å²) in [4.78, 5) is 10.6. The Morgan fingerprint density at radius 1 is 0.383 bits per heavy atom. The summed E-state index contributed by atoms with van der Waals surface area (Å²) in [5, 5.41) is 7.35. The Hall–Kier alpha value is -7.59. The molecule has 0 N–H and O–H groups in total. The van der Waals surface area contributed by atoms with Crippen LogP contribution in [0, 0.1) is 0 Å². The minimum Gasteiger partial charge on any atom is -0.309 e. The second-order valence-corrected chi connectivity index (χ2v) is 18.0. The molecular formula is C54H35N4OP. The quantitative estimate of drug-likeness (QED) is 0.158. The highest BCUT2D eigenvalue weighted by molar-refractivity contribution is 7.85. The zero-order chi connectivity index (χ0) is 39.8. The molecule has 0 bridgehead atoms. The molecule has 5 nitrogen and oxygen atoms in total. The van der Waals surface area contributed by atoms with Crippen molar-refractivity contribution in [3.05, 3.63) is 212 Å². The number of imidazole rings is 1. The highest BCUT2D eigenvalue weighted by atomic mass is 31.2. The van der Waals surface area contributed by atoms with Crippen LogP contribution in [0.15, 0.2) is 212 Å². The topological polar surface area (TPSA) is 52.2 Å². The summed E-state index contributed by atoms with van der Waals surface area (Å²) >= 11 is 0. The maximum absolute atomic E-state index is 16.8. The minimum absolute atomic E-state index is 0.748. The van der Waals surface area contributed by atoms with E-state index in [1.54, 1.807) is 0 Å². The highest BCUT2D eigenvalue weighted by Crippen LogP contribution is 2.48. The molecule has 0 radical (unpaired) electrons. The molecule has 60 heavy (non-hydrogen) atoms. The first-order chi connectivity index (χ1) is 29.6. The van der Waals surface area contributed by atoms with E-state index in [0.29, 0.717) is 0 Å². The van der Waals surface area contributed by atoms with Crippen molar-refractivity contribution < 1.29 is 4.57 Å². The van der Waals surface area contributed by atoms with Gasteiger partial charge in [-0.05, 0) is 64.0 Å². The van der Waals surface area contributed by atoms with Crippen molar-refractivity contribution in [2.24, 2.45) is 0 Å². The molecule has 0 aliphatic rings. The number of hydrogen-bond acceptors (Lipinski definition) is 3. The zero-order valence-electron chi connectivity index (χ0n) is 32.4. The van der Waals surface area contributed by atoms with Gasteiger partial charge in [-0.2, -0.15) is 0 Å². The molecule has 282 valence electrons. The normalized spacial score (nSPS) is 12.1. The first kappa shape index (κ1) is 34.5. The first-order valence-corrected chi connectivity index (χ1v) is 21.9. The summed E-state index contributed by atoms with van der Waals surface area (Å²) in [5.41, 5.74) is 10.0. The predicted octanol–water partition coefficient (Wildman–Crippen LogP) is 12.3. The van der Waals surface area contributed by atoms with Gasteiger partial charge in [0.1, 0.15) is 5.65 Å². The third kappa shape index (κ3) is 5.16. The Balaban J connectivity index is 1.18. The lowest BCUT2D eigenvalue weighted by Crippen LogP contribution is -2.26. The van der Waals surface area contributed by atoms with E-state index >= 15 is 4.57 Å². The number of aromatic nitrogens is 4. The molecule has 0 amide bonds. The van der Waals surface area contributed by atoms with Crippen LogP contribution in [0.1, 0.15) is 0 Å². The van der Waals surface area contributed by atoms with Gasteiger partial charge in [-0.1, -0.05) is 176 Å². The number of fused-ring (bicyclic) bond motifs is 10. The van der Waals surface area contributed by atoms with Crippen molar-refractivity contribution in [1.29, 1.82) is 0 Å². The largest absolute Gasteiger partial charge is 0.309 e. The van der Waals surface area contributed by atoms with Crippen molar-refractivity contribution in [2.45, 2.75) is 0 Å². The molecule has 6 heteroatoms. The maximum atomic E-state index is 16.8. The van der Waals surface area contributed by atoms with Crippen molar-refractivity contribution in [2.75, 3.05) is 0 Å². The summed E-state index contributed by atoms with van der Waals surface area (Å²) < 4.78 is 21.3. The first-order valence-electron chi connectivity index (χ1n) is 20.2. The average Bonchev–Trinajstić information content (AvgIpc) is 3.89. The fourth-order valence-corrected chi connectivity index (χ4v) is 12.0. The van der Waals surface area contributed by atoms with E-state index in [0.717, 1.165) is 104 Å². The molecule has 0 unspecified atom stereocenters. The lowest BCUT2D eigenvalue weighted by Gasteiger charge is -2.23. The van der Waals surface area contributed by atoms with Gasteiger partial charge in [-0.3, -0.25) is 8.97 Å². The standard InChI is InChI=1S/C54H35N4OP/c59-60(40-31-27-38(28-32-40)36-15-3-1-4-16-36,41-33-29-39(30-34-41)37-17-5-2-6-18-37)51-35-46-42-19-10-13-25-49(42)57(52(46)44-21-8-7-20-43(44)51)54-56-47-23-11-9-22-45(47)53-55-48-24-12-14-26-50(48)58(53)54/h1-35H. The van der Waals surface area contributed by atoms with E-state index in [1.807, 2.05) is 54.6 Å². The molecule has 0 aliphatic heterocycles. The summed E-state index contributed by atoms with van der Waals surface area (Å²) in [6.45, 7) is 0. The number of hydrogen-bond donors (Lipinski definition) is 0. The third-order valence-corrected chi connectivity index (χ3v) is 15.1. The molecule has 0 aliphatic carbocycles. The number of nitrogens with zero attached hydrogens (tertiary/aromatic N) is 4. The zero-order valence-corrected chi connectivity index (χ0v) is 33.2. The van der Waals surface area contributed by atoms with Crippen LogP contribution in [0.5, 0.6) is 0 Å². The number of para-hydroxylation sites is 4. The molecule has 9 aromatic carbocycles. The fraction of sp³-hybridized carbons (Fsp3) is 0. The molecular weight excluding hydrogens is 752 g/mol. The smallest absolute Gasteiger partial charge is 0.221 e.